The van der Waals surface area contributed by atoms with Crippen LogP contribution < -0.4 is 0 Å². The minimum atomic E-state index is -0.777. The van der Waals surface area contributed by atoms with Gasteiger partial charge in [-0.3, -0.25) is 4.90 Å². The molecule has 118 valence electrons. The Bertz CT molecular complexity index is 481. The molecule has 0 unspecified atom stereocenters. The van der Waals surface area contributed by atoms with Gasteiger partial charge in [0.25, 0.3) is 0 Å². The fourth-order valence-electron chi connectivity index (χ4n) is 3.32. The summed E-state index contributed by atoms with van der Waals surface area (Å²) in [7, 11) is 0. The van der Waals surface area contributed by atoms with Gasteiger partial charge in [0.15, 0.2) is 5.79 Å². The Morgan fingerprint density at radius 2 is 1.86 bits per heavy atom. The van der Waals surface area contributed by atoms with Crippen LogP contribution in [0, 0.1) is 0 Å². The van der Waals surface area contributed by atoms with E-state index >= 15 is 0 Å². The lowest BCUT2D eigenvalue weighted by Gasteiger charge is -2.38. The lowest BCUT2D eigenvalue weighted by Crippen LogP contribution is -2.53. The number of hydrogen-bond acceptors (Lipinski definition) is 5. The maximum atomic E-state index is 12.5. The summed E-state index contributed by atoms with van der Waals surface area (Å²) in [5.74, 6) is -0.698. The van der Waals surface area contributed by atoms with Crippen molar-refractivity contribution in [1.29, 1.82) is 0 Å². The van der Waals surface area contributed by atoms with Crippen molar-refractivity contribution in [2.24, 2.45) is 0 Å². The first-order chi connectivity index (χ1) is 9.59. The second kappa shape index (κ2) is 4.44. The molecule has 1 amide bonds. The van der Waals surface area contributed by atoms with E-state index in [1.807, 2.05) is 34.6 Å². The Balaban J connectivity index is 1.88. The zero-order valence-corrected chi connectivity index (χ0v) is 13.1. The van der Waals surface area contributed by atoms with Gasteiger partial charge in [-0.25, -0.2) is 4.79 Å². The molecule has 6 nitrogen and oxygen atoms in total. The molecular formula is C15H23NO5. The average Bonchev–Trinajstić information content (AvgIpc) is 2.71. The molecule has 3 aliphatic heterocycles. The van der Waals surface area contributed by atoms with Crippen molar-refractivity contribution in [2.75, 3.05) is 0 Å². The monoisotopic (exact) mass is 297 g/mol. The zero-order chi connectivity index (χ0) is 15.6. The lowest BCUT2D eigenvalue weighted by molar-refractivity contribution is -0.169. The molecule has 3 heterocycles. The number of hydrogen-bond donors (Lipinski definition) is 1. The van der Waals surface area contributed by atoms with Crippen molar-refractivity contribution in [2.45, 2.75) is 76.4 Å². The van der Waals surface area contributed by atoms with Crippen molar-refractivity contribution >= 4 is 6.09 Å². The van der Waals surface area contributed by atoms with Crippen LogP contribution in [-0.4, -0.2) is 57.9 Å². The SMILES string of the molecule is CC(C)(C)OC(=O)N1[C@@H]2[C@@H]3OC(C)(C)O[C@@H]3[C@H]1C=C[C@@H]2O. The number of fused-ring (bicyclic) bond motifs is 5. The first kappa shape index (κ1) is 14.8. The second-order valence-corrected chi connectivity index (χ2v) is 7.31. The van der Waals surface area contributed by atoms with Gasteiger partial charge in [-0.2, -0.15) is 0 Å². The maximum absolute atomic E-state index is 12.5. The first-order valence-electron chi connectivity index (χ1n) is 7.32. The number of ether oxygens (including phenoxy) is 3. The molecule has 0 spiro atoms. The fourth-order valence-corrected chi connectivity index (χ4v) is 3.32. The number of rotatable bonds is 0. The minimum absolute atomic E-state index is 0.264. The van der Waals surface area contributed by atoms with Crippen LogP contribution in [0.2, 0.25) is 0 Å². The van der Waals surface area contributed by atoms with E-state index < -0.39 is 29.6 Å². The Labute approximate surface area is 124 Å². The number of aliphatic hydroxyl groups is 1. The number of carbonyl (C=O) groups excluding carboxylic acids is 1. The molecule has 1 N–H and O–H groups in total. The Kier molecular flexibility index (Phi) is 3.13. The normalized spacial score (nSPS) is 40.3. The molecule has 21 heavy (non-hydrogen) atoms. The van der Waals surface area contributed by atoms with Gasteiger partial charge < -0.3 is 19.3 Å². The summed E-state index contributed by atoms with van der Waals surface area (Å²) in [5, 5.41) is 10.3. The van der Waals surface area contributed by atoms with E-state index in [2.05, 4.69) is 0 Å². The van der Waals surface area contributed by atoms with E-state index in [4.69, 9.17) is 14.2 Å². The molecule has 0 saturated carbocycles. The van der Waals surface area contributed by atoms with Crippen LogP contribution in [0.25, 0.3) is 0 Å². The van der Waals surface area contributed by atoms with E-state index in [1.54, 1.807) is 17.1 Å². The third-order valence-electron chi connectivity index (χ3n) is 3.94. The van der Waals surface area contributed by atoms with Crippen LogP contribution in [0.4, 0.5) is 4.79 Å². The van der Waals surface area contributed by atoms with E-state index in [0.717, 1.165) is 0 Å². The zero-order valence-electron chi connectivity index (χ0n) is 13.1. The average molecular weight is 297 g/mol. The third kappa shape index (κ3) is 2.45. The highest BCUT2D eigenvalue weighted by Crippen LogP contribution is 2.44. The summed E-state index contributed by atoms with van der Waals surface area (Å²) in [4.78, 5) is 14.0. The van der Waals surface area contributed by atoms with Gasteiger partial charge in [0.1, 0.15) is 17.8 Å². The van der Waals surface area contributed by atoms with Crippen molar-refractivity contribution in [3.63, 3.8) is 0 Å². The molecule has 0 radical (unpaired) electrons. The van der Waals surface area contributed by atoms with Gasteiger partial charge in [-0.05, 0) is 34.6 Å². The first-order valence-corrected chi connectivity index (χ1v) is 7.32. The highest BCUT2D eigenvalue weighted by Gasteiger charge is 2.62. The standard InChI is InChI=1S/C15H23NO5/c1-14(2,3)21-13(18)16-8-6-7-9(17)10(16)12-11(8)19-15(4,5)20-12/h6-12,17H,1-5H3/t8-,9+,10+,11-,12+/m1/s1. The number of carbonyl (C=O) groups is 1. The summed E-state index contributed by atoms with van der Waals surface area (Å²) >= 11 is 0. The number of aliphatic hydroxyl groups excluding tert-OH is 1. The van der Waals surface area contributed by atoms with Crippen molar-refractivity contribution in [3.05, 3.63) is 12.2 Å². The van der Waals surface area contributed by atoms with Crippen LogP contribution >= 0.6 is 0 Å². The van der Waals surface area contributed by atoms with Crippen LogP contribution in [0.1, 0.15) is 34.6 Å². The van der Waals surface area contributed by atoms with E-state index in [-0.39, 0.29) is 18.2 Å². The highest BCUT2D eigenvalue weighted by atomic mass is 16.8. The van der Waals surface area contributed by atoms with Crippen LogP contribution in [0.5, 0.6) is 0 Å². The van der Waals surface area contributed by atoms with Gasteiger partial charge in [-0.15, -0.1) is 0 Å². The predicted molar refractivity (Wildman–Crippen MR) is 74.6 cm³/mol. The smallest absolute Gasteiger partial charge is 0.411 e. The lowest BCUT2D eigenvalue weighted by atomic mass is 10.1. The van der Waals surface area contributed by atoms with Gasteiger partial charge in [0.05, 0.1) is 18.2 Å². The Morgan fingerprint density at radius 3 is 2.48 bits per heavy atom. The molecule has 3 rings (SSSR count). The molecule has 2 bridgehead atoms. The quantitative estimate of drug-likeness (QED) is 0.685. The van der Waals surface area contributed by atoms with Gasteiger partial charge in [0.2, 0.25) is 0 Å². The minimum Gasteiger partial charge on any atom is -0.444 e. The molecule has 3 aliphatic rings. The molecule has 5 atom stereocenters. The molecule has 2 saturated heterocycles. The highest BCUT2D eigenvalue weighted by molar-refractivity contribution is 5.71. The summed E-state index contributed by atoms with van der Waals surface area (Å²) in [6.07, 6.45) is 1.67. The molecule has 2 fully saturated rings. The fraction of sp³-hybridized carbons (Fsp3) is 0.800. The summed E-state index contributed by atoms with van der Waals surface area (Å²) in [6.45, 7) is 9.14. The van der Waals surface area contributed by atoms with E-state index in [9.17, 15) is 9.90 Å². The van der Waals surface area contributed by atoms with Crippen LogP contribution in [-0.2, 0) is 14.2 Å². The molecular weight excluding hydrogens is 274 g/mol. The van der Waals surface area contributed by atoms with Gasteiger partial charge in [0, 0.05) is 0 Å². The third-order valence-corrected chi connectivity index (χ3v) is 3.94. The summed E-state index contributed by atoms with van der Waals surface area (Å²) < 4.78 is 17.3. The van der Waals surface area contributed by atoms with Crippen molar-refractivity contribution in [1.82, 2.24) is 4.90 Å². The van der Waals surface area contributed by atoms with Crippen molar-refractivity contribution < 1.29 is 24.1 Å². The number of amides is 1. The van der Waals surface area contributed by atoms with E-state index in [0.29, 0.717) is 0 Å². The van der Waals surface area contributed by atoms with E-state index in [1.165, 1.54) is 0 Å². The van der Waals surface area contributed by atoms with Crippen LogP contribution in [0.15, 0.2) is 12.2 Å². The number of nitrogens with zero attached hydrogens (tertiary/aromatic N) is 1. The largest absolute Gasteiger partial charge is 0.444 e. The molecule has 6 heteroatoms. The Morgan fingerprint density at radius 1 is 1.24 bits per heavy atom. The van der Waals surface area contributed by atoms with Gasteiger partial charge in [-0.1, -0.05) is 12.2 Å². The maximum Gasteiger partial charge on any atom is 0.411 e. The molecule has 0 aliphatic carbocycles. The molecule has 0 aromatic heterocycles. The van der Waals surface area contributed by atoms with Crippen molar-refractivity contribution in [3.8, 4) is 0 Å². The second-order valence-electron chi connectivity index (χ2n) is 7.31. The molecule has 0 aromatic carbocycles. The predicted octanol–water partition coefficient (Wildman–Crippen LogP) is 1.43. The van der Waals surface area contributed by atoms with Gasteiger partial charge >= 0.3 is 6.09 Å². The summed E-state index contributed by atoms with van der Waals surface area (Å²) in [6, 6.07) is -0.735. The topological polar surface area (TPSA) is 68.2 Å². The Hall–Kier alpha value is -1.11. The summed E-state index contributed by atoms with van der Waals surface area (Å²) in [5.41, 5.74) is -0.585. The van der Waals surface area contributed by atoms with Crippen LogP contribution in [0.3, 0.4) is 0 Å². The molecule has 0 aromatic rings.